The number of ketones is 1. The predicted molar refractivity (Wildman–Crippen MR) is 119 cm³/mol. The summed E-state index contributed by atoms with van der Waals surface area (Å²) in [7, 11) is 3.97. The minimum atomic E-state index is -0.557. The third-order valence-electron chi connectivity index (χ3n) is 5.80. The van der Waals surface area contributed by atoms with Gasteiger partial charge in [-0.25, -0.2) is 4.98 Å². The SMILES string of the molecule is CC1=NC2=C(C(=O)CCC2)[C@H](c2ccc(N(C)C)cc2)C1C(=O)Nc1ccccn1. The highest BCUT2D eigenvalue weighted by atomic mass is 16.2. The molecule has 154 valence electrons. The molecule has 2 heterocycles. The van der Waals surface area contributed by atoms with Crippen molar-refractivity contribution in [3.8, 4) is 0 Å². The molecule has 2 aliphatic rings. The standard InChI is InChI=1S/C24H26N4O2/c1-15-21(24(30)27-20-9-4-5-14-25-20)22(16-10-12-17(13-11-16)28(2)3)23-18(26-15)7-6-8-19(23)29/h4-5,9-14,21-22H,6-8H2,1-3H3,(H,25,27,30)/t21?,22-/m1/s1. The number of aliphatic imine (C=N–C) groups is 1. The molecule has 1 aromatic carbocycles. The zero-order chi connectivity index (χ0) is 21.3. The fourth-order valence-electron chi connectivity index (χ4n) is 4.33. The Kier molecular flexibility index (Phi) is 5.48. The third-order valence-corrected chi connectivity index (χ3v) is 5.80. The van der Waals surface area contributed by atoms with Crippen molar-refractivity contribution in [2.24, 2.45) is 10.9 Å². The van der Waals surface area contributed by atoms with Gasteiger partial charge < -0.3 is 10.2 Å². The molecule has 2 atom stereocenters. The first-order chi connectivity index (χ1) is 14.5. The topological polar surface area (TPSA) is 74.7 Å². The van der Waals surface area contributed by atoms with Crippen LogP contribution >= 0.6 is 0 Å². The number of nitrogens with zero attached hydrogens (tertiary/aromatic N) is 3. The van der Waals surface area contributed by atoms with Gasteiger partial charge in [-0.3, -0.25) is 14.6 Å². The van der Waals surface area contributed by atoms with E-state index in [0.29, 0.717) is 17.8 Å². The van der Waals surface area contributed by atoms with Crippen LogP contribution < -0.4 is 10.2 Å². The minimum Gasteiger partial charge on any atom is -0.378 e. The molecule has 1 aliphatic heterocycles. The summed E-state index contributed by atoms with van der Waals surface area (Å²) in [4.78, 5) is 37.2. The molecule has 1 amide bonds. The summed E-state index contributed by atoms with van der Waals surface area (Å²) in [6.07, 6.45) is 3.74. The van der Waals surface area contributed by atoms with Crippen LogP contribution in [0, 0.1) is 5.92 Å². The molecule has 30 heavy (non-hydrogen) atoms. The van der Waals surface area contributed by atoms with E-state index in [4.69, 9.17) is 4.99 Å². The van der Waals surface area contributed by atoms with E-state index in [1.54, 1.807) is 18.3 Å². The number of rotatable bonds is 4. The van der Waals surface area contributed by atoms with Crippen LogP contribution in [-0.2, 0) is 9.59 Å². The van der Waals surface area contributed by atoms with Crippen molar-refractivity contribution in [3.63, 3.8) is 0 Å². The second-order valence-electron chi connectivity index (χ2n) is 8.04. The highest BCUT2D eigenvalue weighted by Gasteiger charge is 2.42. The Balaban J connectivity index is 1.77. The zero-order valence-electron chi connectivity index (χ0n) is 17.6. The van der Waals surface area contributed by atoms with Crippen molar-refractivity contribution < 1.29 is 9.59 Å². The first-order valence-electron chi connectivity index (χ1n) is 10.3. The maximum atomic E-state index is 13.3. The fourth-order valence-corrected chi connectivity index (χ4v) is 4.33. The van der Waals surface area contributed by atoms with Gasteiger partial charge in [0.1, 0.15) is 5.82 Å². The number of carbonyl (C=O) groups excluding carboxylic acids is 2. The number of carbonyl (C=O) groups is 2. The lowest BCUT2D eigenvalue weighted by Gasteiger charge is -2.35. The maximum Gasteiger partial charge on any atom is 0.235 e. The highest BCUT2D eigenvalue weighted by molar-refractivity contribution is 6.13. The van der Waals surface area contributed by atoms with Crippen LogP contribution in [0.2, 0.25) is 0 Å². The molecule has 0 saturated carbocycles. The fraction of sp³-hybridized carbons (Fsp3) is 0.333. The summed E-state index contributed by atoms with van der Waals surface area (Å²) >= 11 is 0. The van der Waals surface area contributed by atoms with Crippen LogP contribution in [0.5, 0.6) is 0 Å². The molecule has 4 rings (SSSR count). The van der Waals surface area contributed by atoms with Crippen LogP contribution in [0.4, 0.5) is 11.5 Å². The molecule has 0 saturated heterocycles. The van der Waals surface area contributed by atoms with E-state index in [9.17, 15) is 9.59 Å². The largest absolute Gasteiger partial charge is 0.378 e. The molecular weight excluding hydrogens is 376 g/mol. The molecule has 1 N–H and O–H groups in total. The average molecular weight is 402 g/mol. The Morgan fingerprint density at radius 1 is 1.10 bits per heavy atom. The number of anilines is 2. The van der Waals surface area contributed by atoms with Gasteiger partial charge in [-0.1, -0.05) is 18.2 Å². The molecule has 0 radical (unpaired) electrons. The monoisotopic (exact) mass is 402 g/mol. The Morgan fingerprint density at radius 3 is 2.53 bits per heavy atom. The first-order valence-corrected chi connectivity index (χ1v) is 10.3. The van der Waals surface area contributed by atoms with Crippen LogP contribution in [0.25, 0.3) is 0 Å². The molecule has 0 bridgehead atoms. The summed E-state index contributed by atoms with van der Waals surface area (Å²) in [6.45, 7) is 1.88. The Morgan fingerprint density at radius 2 is 1.87 bits per heavy atom. The zero-order valence-corrected chi connectivity index (χ0v) is 17.6. The number of benzene rings is 1. The summed E-state index contributed by atoms with van der Waals surface area (Å²) < 4.78 is 0. The molecule has 1 unspecified atom stereocenters. The Hall–Kier alpha value is -3.28. The minimum absolute atomic E-state index is 0.102. The van der Waals surface area contributed by atoms with Crippen molar-refractivity contribution >= 4 is 28.9 Å². The second-order valence-corrected chi connectivity index (χ2v) is 8.04. The lowest BCUT2D eigenvalue weighted by Crippen LogP contribution is -2.39. The van der Waals surface area contributed by atoms with Gasteiger partial charge in [0.2, 0.25) is 5.91 Å². The van der Waals surface area contributed by atoms with Gasteiger partial charge in [0, 0.05) is 55.3 Å². The van der Waals surface area contributed by atoms with Crippen molar-refractivity contribution in [2.75, 3.05) is 24.3 Å². The number of pyridine rings is 1. The molecule has 0 spiro atoms. The molecule has 1 aromatic heterocycles. The van der Waals surface area contributed by atoms with Gasteiger partial charge >= 0.3 is 0 Å². The Labute approximate surface area is 176 Å². The number of Topliss-reactive ketones (excluding diaryl/α,β-unsaturated/α-hetero) is 1. The quantitative estimate of drug-likeness (QED) is 0.840. The third kappa shape index (κ3) is 3.77. The lowest BCUT2D eigenvalue weighted by atomic mass is 9.71. The van der Waals surface area contributed by atoms with Crippen LogP contribution in [0.15, 0.2) is 64.9 Å². The molecular formula is C24H26N4O2. The number of amides is 1. The van der Waals surface area contributed by atoms with Crippen LogP contribution in [0.3, 0.4) is 0 Å². The van der Waals surface area contributed by atoms with E-state index in [0.717, 1.165) is 35.5 Å². The van der Waals surface area contributed by atoms with E-state index in [1.165, 1.54) is 0 Å². The van der Waals surface area contributed by atoms with Crippen LogP contribution in [0.1, 0.15) is 37.7 Å². The first kappa shape index (κ1) is 20.0. The summed E-state index contributed by atoms with van der Waals surface area (Å²) in [5, 5.41) is 2.91. The maximum absolute atomic E-state index is 13.3. The molecule has 0 fully saturated rings. The summed E-state index contributed by atoms with van der Waals surface area (Å²) in [5.74, 6) is -0.499. The van der Waals surface area contributed by atoms with Crippen molar-refractivity contribution in [2.45, 2.75) is 32.1 Å². The van der Waals surface area contributed by atoms with Gasteiger partial charge in [0.05, 0.1) is 5.92 Å². The van der Waals surface area contributed by atoms with E-state index in [-0.39, 0.29) is 17.6 Å². The predicted octanol–water partition coefficient (Wildman–Crippen LogP) is 3.97. The normalized spacial score (nSPS) is 21.0. The lowest BCUT2D eigenvalue weighted by molar-refractivity contribution is -0.119. The highest BCUT2D eigenvalue weighted by Crippen LogP contribution is 2.43. The average Bonchev–Trinajstić information content (AvgIpc) is 2.73. The van der Waals surface area contributed by atoms with Crippen molar-refractivity contribution in [1.29, 1.82) is 0 Å². The molecule has 1 aliphatic carbocycles. The number of hydrogen-bond acceptors (Lipinski definition) is 5. The van der Waals surface area contributed by atoms with Crippen LogP contribution in [-0.4, -0.2) is 36.5 Å². The van der Waals surface area contributed by atoms with Gasteiger partial charge in [-0.2, -0.15) is 0 Å². The molecule has 2 aromatic rings. The van der Waals surface area contributed by atoms with E-state index >= 15 is 0 Å². The summed E-state index contributed by atoms with van der Waals surface area (Å²) in [5.41, 5.74) is 4.30. The van der Waals surface area contributed by atoms with Gasteiger partial charge in [-0.15, -0.1) is 0 Å². The van der Waals surface area contributed by atoms with Crippen molar-refractivity contribution in [1.82, 2.24) is 4.98 Å². The second kappa shape index (κ2) is 8.22. The molecule has 6 heteroatoms. The van der Waals surface area contributed by atoms with E-state index < -0.39 is 5.92 Å². The molecule has 6 nitrogen and oxygen atoms in total. The van der Waals surface area contributed by atoms with E-state index in [2.05, 4.69) is 10.3 Å². The van der Waals surface area contributed by atoms with Gasteiger partial charge in [0.15, 0.2) is 5.78 Å². The number of aromatic nitrogens is 1. The summed E-state index contributed by atoms with van der Waals surface area (Å²) in [6, 6.07) is 13.5. The van der Waals surface area contributed by atoms with Gasteiger partial charge in [-0.05, 0) is 49.6 Å². The smallest absolute Gasteiger partial charge is 0.235 e. The number of hydrogen-bond donors (Lipinski definition) is 1. The number of nitrogens with one attached hydrogen (secondary N) is 1. The van der Waals surface area contributed by atoms with Gasteiger partial charge in [0.25, 0.3) is 0 Å². The Bertz CT molecular complexity index is 1020. The van der Waals surface area contributed by atoms with Crippen molar-refractivity contribution in [3.05, 3.63) is 65.5 Å². The number of allylic oxidation sites excluding steroid dienone is 2. The van der Waals surface area contributed by atoms with E-state index in [1.807, 2.05) is 56.3 Å².